The van der Waals surface area contributed by atoms with Crippen LogP contribution >= 0.6 is 11.8 Å². The first-order valence-electron chi connectivity index (χ1n) is 6.33. The van der Waals surface area contributed by atoms with E-state index in [-0.39, 0.29) is 22.7 Å². The van der Waals surface area contributed by atoms with Crippen molar-refractivity contribution in [2.24, 2.45) is 17.8 Å². The molecule has 0 bridgehead atoms. The summed E-state index contributed by atoms with van der Waals surface area (Å²) in [6, 6.07) is 0. The molecule has 1 N–H and O–H groups in total. The Hall–Kier alpha value is -0.840. The van der Waals surface area contributed by atoms with Crippen LogP contribution in [0.1, 0.15) is 39.5 Å². The Labute approximate surface area is 112 Å². The molecule has 18 heavy (non-hydrogen) atoms. The maximum absolute atomic E-state index is 12.2. The summed E-state index contributed by atoms with van der Waals surface area (Å²) in [6.45, 7) is 3.26. The maximum Gasteiger partial charge on any atom is 0.307 e. The fraction of sp³-hybridized carbons (Fsp3) is 0.769. The molecule has 0 amide bonds. The summed E-state index contributed by atoms with van der Waals surface area (Å²) in [5, 5.41) is 9.14. The lowest BCUT2D eigenvalue weighted by molar-refractivity contribution is -0.149. The van der Waals surface area contributed by atoms with E-state index in [1.165, 1.54) is 6.92 Å². The number of Topliss-reactive ketones (excluding diaryl/α,β-unsaturated/α-hetero) is 1. The Morgan fingerprint density at radius 1 is 1.22 bits per heavy atom. The first-order valence-corrected chi connectivity index (χ1v) is 7.32. The van der Waals surface area contributed by atoms with Gasteiger partial charge in [-0.05, 0) is 12.8 Å². The highest BCUT2D eigenvalue weighted by atomic mass is 32.2. The van der Waals surface area contributed by atoms with E-state index in [9.17, 15) is 14.4 Å². The molecule has 5 heteroatoms. The van der Waals surface area contributed by atoms with E-state index < -0.39 is 11.9 Å². The van der Waals surface area contributed by atoms with Crippen LogP contribution in [0.2, 0.25) is 0 Å². The molecule has 0 aliphatic heterocycles. The van der Waals surface area contributed by atoms with E-state index in [1.54, 1.807) is 6.92 Å². The number of carboxylic acids is 1. The predicted octanol–water partition coefficient (Wildman–Crippen LogP) is 2.36. The number of ketones is 1. The molecule has 0 aromatic carbocycles. The summed E-state index contributed by atoms with van der Waals surface area (Å²) >= 11 is 1.13. The van der Waals surface area contributed by atoms with Crippen LogP contribution in [0.25, 0.3) is 0 Å². The quantitative estimate of drug-likeness (QED) is 0.832. The summed E-state index contributed by atoms with van der Waals surface area (Å²) in [4.78, 5) is 34.3. The van der Waals surface area contributed by atoms with Crippen molar-refractivity contribution in [1.82, 2.24) is 0 Å². The molecule has 4 nitrogen and oxygen atoms in total. The Bertz CT molecular complexity index is 340. The van der Waals surface area contributed by atoms with E-state index in [1.807, 2.05) is 0 Å². The number of carbonyl (C=O) groups excluding carboxylic acids is 2. The zero-order valence-electron chi connectivity index (χ0n) is 10.8. The number of rotatable bonds is 5. The first-order chi connectivity index (χ1) is 8.43. The molecule has 1 saturated carbocycles. The molecular formula is C13H20O4S. The van der Waals surface area contributed by atoms with E-state index in [0.717, 1.165) is 24.6 Å². The van der Waals surface area contributed by atoms with Crippen molar-refractivity contribution in [3.63, 3.8) is 0 Å². The van der Waals surface area contributed by atoms with Gasteiger partial charge in [0.15, 0.2) is 5.12 Å². The number of carbonyl (C=O) groups is 3. The third kappa shape index (κ3) is 4.12. The van der Waals surface area contributed by atoms with Gasteiger partial charge in [-0.3, -0.25) is 14.4 Å². The minimum absolute atomic E-state index is 0.00641. The van der Waals surface area contributed by atoms with Crippen molar-refractivity contribution in [3.05, 3.63) is 0 Å². The molecule has 0 aromatic heterocycles. The summed E-state index contributed by atoms with van der Waals surface area (Å²) < 4.78 is 0. The van der Waals surface area contributed by atoms with Crippen LogP contribution in [-0.4, -0.2) is 27.7 Å². The summed E-state index contributed by atoms with van der Waals surface area (Å²) in [7, 11) is 0. The van der Waals surface area contributed by atoms with Crippen molar-refractivity contribution in [2.45, 2.75) is 39.5 Å². The second-order valence-corrected chi connectivity index (χ2v) is 6.14. The van der Waals surface area contributed by atoms with Gasteiger partial charge in [-0.1, -0.05) is 31.5 Å². The number of hydrogen-bond donors (Lipinski definition) is 1. The van der Waals surface area contributed by atoms with Crippen molar-refractivity contribution >= 4 is 28.6 Å². The van der Waals surface area contributed by atoms with E-state index in [4.69, 9.17) is 5.11 Å². The van der Waals surface area contributed by atoms with Crippen molar-refractivity contribution in [1.29, 1.82) is 0 Å². The average Bonchev–Trinajstić information content (AvgIpc) is 2.34. The number of carboxylic acid groups (broad SMARTS) is 1. The summed E-state index contributed by atoms with van der Waals surface area (Å²) in [6.07, 6.45) is 3.08. The predicted molar refractivity (Wildman–Crippen MR) is 70.4 cm³/mol. The number of thioether (sulfide) groups is 1. The molecule has 1 aliphatic carbocycles. The molecule has 0 spiro atoms. The van der Waals surface area contributed by atoms with Crippen LogP contribution in [0.3, 0.4) is 0 Å². The van der Waals surface area contributed by atoms with Gasteiger partial charge in [0.05, 0.1) is 5.92 Å². The molecular weight excluding hydrogens is 252 g/mol. The Morgan fingerprint density at radius 2 is 1.78 bits per heavy atom. The second kappa shape index (κ2) is 6.92. The summed E-state index contributed by atoms with van der Waals surface area (Å²) in [5.41, 5.74) is 0. The van der Waals surface area contributed by atoms with Gasteiger partial charge in [0.1, 0.15) is 5.78 Å². The van der Waals surface area contributed by atoms with Crippen LogP contribution in [0.4, 0.5) is 0 Å². The van der Waals surface area contributed by atoms with Gasteiger partial charge in [0.2, 0.25) is 0 Å². The molecule has 1 aliphatic rings. The molecule has 0 aromatic rings. The smallest absolute Gasteiger partial charge is 0.307 e. The van der Waals surface area contributed by atoms with Gasteiger partial charge in [-0.2, -0.15) is 0 Å². The zero-order chi connectivity index (χ0) is 13.7. The van der Waals surface area contributed by atoms with E-state index in [0.29, 0.717) is 18.6 Å². The molecule has 0 heterocycles. The normalized spacial score (nSPS) is 25.4. The van der Waals surface area contributed by atoms with E-state index in [2.05, 4.69) is 0 Å². The molecule has 1 rings (SSSR count). The Morgan fingerprint density at radius 3 is 2.28 bits per heavy atom. The van der Waals surface area contributed by atoms with Gasteiger partial charge in [-0.25, -0.2) is 0 Å². The minimum atomic E-state index is -0.862. The van der Waals surface area contributed by atoms with Gasteiger partial charge in [-0.15, -0.1) is 0 Å². The third-order valence-electron chi connectivity index (χ3n) is 3.47. The fourth-order valence-corrected chi connectivity index (χ4v) is 3.11. The lowest BCUT2D eigenvalue weighted by Gasteiger charge is -2.29. The van der Waals surface area contributed by atoms with Gasteiger partial charge >= 0.3 is 5.97 Å². The van der Waals surface area contributed by atoms with Gasteiger partial charge in [0, 0.05) is 24.5 Å². The molecule has 3 atom stereocenters. The van der Waals surface area contributed by atoms with Crippen LogP contribution in [0, 0.1) is 17.8 Å². The minimum Gasteiger partial charge on any atom is -0.481 e. The van der Waals surface area contributed by atoms with Crippen molar-refractivity contribution in [3.8, 4) is 0 Å². The highest BCUT2D eigenvalue weighted by Crippen LogP contribution is 2.33. The Kier molecular flexibility index (Phi) is 5.85. The van der Waals surface area contributed by atoms with Crippen LogP contribution in [0.5, 0.6) is 0 Å². The molecule has 0 radical (unpaired) electrons. The first kappa shape index (κ1) is 15.2. The molecule has 1 fully saturated rings. The SMILES string of the molecule is CC(=O)SCC(C)C(=O)C1CCCCC1C(=O)O. The highest BCUT2D eigenvalue weighted by Gasteiger charge is 2.37. The van der Waals surface area contributed by atoms with Crippen LogP contribution in [-0.2, 0) is 14.4 Å². The third-order valence-corrected chi connectivity index (χ3v) is 4.54. The Balaban J connectivity index is 2.62. The van der Waals surface area contributed by atoms with Gasteiger partial charge in [0.25, 0.3) is 0 Å². The van der Waals surface area contributed by atoms with E-state index >= 15 is 0 Å². The molecule has 3 unspecified atom stereocenters. The lowest BCUT2D eigenvalue weighted by Crippen LogP contribution is -2.36. The van der Waals surface area contributed by atoms with Crippen LogP contribution < -0.4 is 0 Å². The van der Waals surface area contributed by atoms with Crippen molar-refractivity contribution in [2.75, 3.05) is 5.75 Å². The van der Waals surface area contributed by atoms with Crippen LogP contribution in [0.15, 0.2) is 0 Å². The average molecular weight is 272 g/mol. The van der Waals surface area contributed by atoms with Gasteiger partial charge < -0.3 is 5.11 Å². The molecule has 0 saturated heterocycles. The number of hydrogen-bond acceptors (Lipinski definition) is 4. The second-order valence-electron chi connectivity index (χ2n) is 4.94. The van der Waals surface area contributed by atoms with Crippen molar-refractivity contribution < 1.29 is 19.5 Å². The largest absolute Gasteiger partial charge is 0.481 e. The molecule has 102 valence electrons. The zero-order valence-corrected chi connectivity index (χ0v) is 11.7. The number of aliphatic carboxylic acids is 1. The monoisotopic (exact) mass is 272 g/mol. The highest BCUT2D eigenvalue weighted by molar-refractivity contribution is 8.13. The topological polar surface area (TPSA) is 71.4 Å². The standard InChI is InChI=1S/C13H20O4S/c1-8(7-18-9(2)14)12(15)10-5-3-4-6-11(10)13(16)17/h8,10-11H,3-7H2,1-2H3,(H,16,17). The fourth-order valence-electron chi connectivity index (χ4n) is 2.46. The summed E-state index contributed by atoms with van der Waals surface area (Å²) in [5.74, 6) is -1.54. The lowest BCUT2D eigenvalue weighted by atomic mass is 9.74. The maximum atomic E-state index is 12.2.